The first kappa shape index (κ1) is 21.8. The molecule has 2 N–H and O–H groups in total. The van der Waals surface area contributed by atoms with E-state index in [1.54, 1.807) is 19.5 Å². The van der Waals surface area contributed by atoms with Crippen molar-refractivity contribution >= 4 is 22.6 Å². The first-order valence-electron chi connectivity index (χ1n) is 11.2. The number of carbonyl (C=O) groups excluding carboxylic acids is 1. The number of aromatic amines is 1. The van der Waals surface area contributed by atoms with Crippen LogP contribution in [0.25, 0.3) is 22.2 Å². The lowest BCUT2D eigenvalue weighted by atomic mass is 10.1. The van der Waals surface area contributed by atoms with E-state index in [0.717, 1.165) is 52.3 Å². The summed E-state index contributed by atoms with van der Waals surface area (Å²) >= 11 is 0. The molecule has 174 valence electrons. The Morgan fingerprint density at radius 3 is 2.68 bits per heavy atom. The molecular weight excluding hydrogens is 432 g/mol. The van der Waals surface area contributed by atoms with Gasteiger partial charge in [0.1, 0.15) is 11.4 Å². The van der Waals surface area contributed by atoms with Gasteiger partial charge < -0.3 is 24.7 Å². The van der Waals surface area contributed by atoms with Gasteiger partial charge in [0, 0.05) is 53.8 Å². The molecule has 0 unspecified atom stereocenters. The third-order valence-corrected chi connectivity index (χ3v) is 6.01. The van der Waals surface area contributed by atoms with E-state index in [0.29, 0.717) is 13.2 Å². The zero-order valence-electron chi connectivity index (χ0n) is 19.1. The van der Waals surface area contributed by atoms with Crippen molar-refractivity contribution < 1.29 is 14.3 Å². The van der Waals surface area contributed by atoms with Crippen LogP contribution < -0.4 is 15.0 Å². The molecule has 0 saturated carbocycles. The van der Waals surface area contributed by atoms with Gasteiger partial charge in [-0.15, -0.1) is 0 Å². The molecule has 0 spiro atoms. The third kappa shape index (κ3) is 4.29. The summed E-state index contributed by atoms with van der Waals surface area (Å²) in [5.41, 5.74) is 4.48. The first-order chi connectivity index (χ1) is 16.6. The second-order valence-corrected chi connectivity index (χ2v) is 8.12. The van der Waals surface area contributed by atoms with E-state index >= 15 is 0 Å². The minimum Gasteiger partial charge on any atom is -0.496 e. The van der Waals surface area contributed by atoms with Gasteiger partial charge in [-0.1, -0.05) is 18.2 Å². The second-order valence-electron chi connectivity index (χ2n) is 8.12. The summed E-state index contributed by atoms with van der Waals surface area (Å²) in [7, 11) is 1.61. The van der Waals surface area contributed by atoms with Crippen LogP contribution in [-0.4, -0.2) is 59.3 Å². The predicted molar refractivity (Wildman–Crippen MR) is 129 cm³/mol. The van der Waals surface area contributed by atoms with Gasteiger partial charge in [0.25, 0.3) is 5.91 Å². The van der Waals surface area contributed by atoms with Crippen LogP contribution in [0, 0.1) is 0 Å². The number of hydrogen-bond acceptors (Lipinski definition) is 7. The molecule has 1 aliphatic rings. The van der Waals surface area contributed by atoms with Crippen LogP contribution in [0.4, 0.5) is 5.69 Å². The Morgan fingerprint density at radius 2 is 1.91 bits per heavy atom. The Labute approximate surface area is 197 Å². The first-order valence-corrected chi connectivity index (χ1v) is 11.2. The van der Waals surface area contributed by atoms with Crippen molar-refractivity contribution in [3.05, 3.63) is 66.5 Å². The number of nitrogens with zero attached hydrogens (tertiary/aromatic N) is 4. The van der Waals surface area contributed by atoms with Crippen LogP contribution in [0.5, 0.6) is 5.75 Å². The Morgan fingerprint density at radius 1 is 1.15 bits per heavy atom. The van der Waals surface area contributed by atoms with E-state index in [-0.39, 0.29) is 17.8 Å². The maximum atomic E-state index is 12.7. The van der Waals surface area contributed by atoms with Gasteiger partial charge >= 0.3 is 0 Å². The number of hydrogen-bond donors (Lipinski definition) is 2. The molecule has 1 atom stereocenters. The Kier molecular flexibility index (Phi) is 6.09. The van der Waals surface area contributed by atoms with Crippen molar-refractivity contribution in [1.82, 2.24) is 25.3 Å². The van der Waals surface area contributed by atoms with Crippen molar-refractivity contribution in [3.8, 4) is 16.9 Å². The normalized spacial score (nSPS) is 14.7. The molecule has 3 aromatic heterocycles. The number of anilines is 1. The maximum absolute atomic E-state index is 12.7. The SMILES string of the molecule is COc1ccccc1[C@H](C)NC(=O)c1ncc(-c2c[nH]c3ncc(N4CCOCC4)cc23)cn1. The second kappa shape index (κ2) is 9.48. The fourth-order valence-corrected chi connectivity index (χ4v) is 4.17. The molecule has 1 saturated heterocycles. The van der Waals surface area contributed by atoms with Crippen molar-refractivity contribution in [1.29, 1.82) is 0 Å². The number of carbonyl (C=O) groups is 1. The van der Waals surface area contributed by atoms with Gasteiger partial charge in [0.15, 0.2) is 0 Å². The molecular formula is C25H26N6O3. The molecule has 9 heteroatoms. The standard InChI is InChI=1S/C25H26N6O3/c1-16(19-5-3-4-6-22(19)33-2)30-25(32)24-26-12-17(13-27-24)21-15-29-23-20(21)11-18(14-28-23)31-7-9-34-10-8-31/h3-6,11-16H,7-10H2,1-2H3,(H,28,29)(H,30,32)/t16-/m0/s1. The fourth-order valence-electron chi connectivity index (χ4n) is 4.17. The molecule has 0 radical (unpaired) electrons. The molecule has 0 bridgehead atoms. The van der Waals surface area contributed by atoms with Crippen LogP contribution in [-0.2, 0) is 4.74 Å². The Bertz CT molecular complexity index is 1300. The smallest absolute Gasteiger partial charge is 0.289 e. The minimum absolute atomic E-state index is 0.109. The molecule has 1 aromatic carbocycles. The molecule has 1 aliphatic heterocycles. The zero-order valence-corrected chi connectivity index (χ0v) is 19.1. The molecule has 4 aromatic rings. The molecule has 9 nitrogen and oxygen atoms in total. The number of amides is 1. The number of para-hydroxylation sites is 1. The summed E-state index contributed by atoms with van der Waals surface area (Å²) in [5, 5.41) is 3.92. The number of fused-ring (bicyclic) bond motifs is 1. The molecule has 1 fully saturated rings. The topological polar surface area (TPSA) is 105 Å². The number of methoxy groups -OCH3 is 1. The van der Waals surface area contributed by atoms with E-state index < -0.39 is 0 Å². The van der Waals surface area contributed by atoms with E-state index in [9.17, 15) is 4.79 Å². The molecule has 1 amide bonds. The van der Waals surface area contributed by atoms with Crippen molar-refractivity contribution in [2.45, 2.75) is 13.0 Å². The molecule has 0 aliphatic carbocycles. The lowest BCUT2D eigenvalue weighted by Gasteiger charge is -2.28. The average Bonchev–Trinajstić information content (AvgIpc) is 3.32. The number of H-pyrrole nitrogens is 1. The van der Waals surface area contributed by atoms with Crippen LogP contribution in [0.15, 0.2) is 55.1 Å². The van der Waals surface area contributed by atoms with Gasteiger partial charge in [0.05, 0.1) is 38.2 Å². The fraction of sp³-hybridized carbons (Fsp3) is 0.280. The monoisotopic (exact) mass is 458 g/mol. The number of nitrogens with one attached hydrogen (secondary N) is 2. The Hall–Kier alpha value is -3.98. The predicted octanol–water partition coefficient (Wildman–Crippen LogP) is 3.36. The van der Waals surface area contributed by atoms with Crippen molar-refractivity contribution in [3.63, 3.8) is 0 Å². The highest BCUT2D eigenvalue weighted by atomic mass is 16.5. The zero-order chi connectivity index (χ0) is 23.5. The van der Waals surface area contributed by atoms with Crippen molar-refractivity contribution in [2.24, 2.45) is 0 Å². The number of rotatable bonds is 6. The maximum Gasteiger partial charge on any atom is 0.289 e. The van der Waals surface area contributed by atoms with E-state index in [2.05, 4.69) is 36.2 Å². The summed E-state index contributed by atoms with van der Waals surface area (Å²) in [5.74, 6) is 0.480. The number of benzene rings is 1. The van der Waals surface area contributed by atoms with Crippen LogP contribution in [0.1, 0.15) is 29.1 Å². The summed E-state index contributed by atoms with van der Waals surface area (Å²) in [6.07, 6.45) is 7.10. The summed E-state index contributed by atoms with van der Waals surface area (Å²) in [6, 6.07) is 9.45. The van der Waals surface area contributed by atoms with Crippen LogP contribution in [0.2, 0.25) is 0 Å². The summed E-state index contributed by atoms with van der Waals surface area (Å²) in [4.78, 5) is 31.4. The summed E-state index contributed by atoms with van der Waals surface area (Å²) in [6.45, 7) is 5.01. The number of aromatic nitrogens is 4. The van der Waals surface area contributed by atoms with E-state index in [4.69, 9.17) is 9.47 Å². The van der Waals surface area contributed by atoms with Gasteiger partial charge in [-0.2, -0.15) is 0 Å². The lowest BCUT2D eigenvalue weighted by molar-refractivity contribution is 0.0929. The highest BCUT2D eigenvalue weighted by Gasteiger charge is 2.18. The van der Waals surface area contributed by atoms with Crippen molar-refractivity contribution in [2.75, 3.05) is 38.3 Å². The highest BCUT2D eigenvalue weighted by Crippen LogP contribution is 2.30. The van der Waals surface area contributed by atoms with Gasteiger partial charge in [-0.25, -0.2) is 15.0 Å². The van der Waals surface area contributed by atoms with Gasteiger partial charge in [-0.3, -0.25) is 4.79 Å². The summed E-state index contributed by atoms with van der Waals surface area (Å²) < 4.78 is 10.8. The molecule has 5 rings (SSSR count). The van der Waals surface area contributed by atoms with Crippen LogP contribution in [0.3, 0.4) is 0 Å². The van der Waals surface area contributed by atoms with Crippen LogP contribution >= 0.6 is 0 Å². The molecule has 34 heavy (non-hydrogen) atoms. The lowest BCUT2D eigenvalue weighted by Crippen LogP contribution is -2.36. The molecule has 4 heterocycles. The minimum atomic E-state index is -0.347. The Balaban J connectivity index is 1.35. The number of morpholine rings is 1. The largest absolute Gasteiger partial charge is 0.496 e. The third-order valence-electron chi connectivity index (χ3n) is 6.01. The van der Waals surface area contributed by atoms with E-state index in [1.165, 1.54) is 0 Å². The quantitative estimate of drug-likeness (QED) is 0.456. The number of ether oxygens (including phenoxy) is 2. The van der Waals surface area contributed by atoms with Gasteiger partial charge in [-0.05, 0) is 19.1 Å². The van der Waals surface area contributed by atoms with Gasteiger partial charge in [0.2, 0.25) is 5.82 Å². The average molecular weight is 459 g/mol. The highest BCUT2D eigenvalue weighted by molar-refractivity contribution is 5.95. The van der Waals surface area contributed by atoms with E-state index in [1.807, 2.05) is 43.6 Å². The number of pyridine rings is 1.